The fourth-order valence-electron chi connectivity index (χ4n) is 2.56. The van der Waals surface area contributed by atoms with Crippen molar-refractivity contribution in [2.45, 2.75) is 24.0 Å². The largest absolute Gasteiger partial charge is 0.481 e. The molecule has 20 heavy (non-hydrogen) atoms. The zero-order valence-corrected chi connectivity index (χ0v) is 12.3. The molecule has 2 fully saturated rings. The van der Waals surface area contributed by atoms with Crippen molar-refractivity contribution in [3.05, 3.63) is 0 Å². The summed E-state index contributed by atoms with van der Waals surface area (Å²) < 4.78 is 1.89. The van der Waals surface area contributed by atoms with Crippen LogP contribution >= 0.6 is 11.8 Å². The number of carboxylic acids is 1. The highest BCUT2D eigenvalue weighted by Gasteiger charge is 2.32. The SMILES string of the molecule is Cn1c(SCC(=O)O)nnc1N1CCN(C2CC2)CC1. The topological polar surface area (TPSA) is 74.5 Å². The summed E-state index contributed by atoms with van der Waals surface area (Å²) in [6, 6.07) is 0.818. The molecule has 1 saturated heterocycles. The third-order valence-corrected chi connectivity index (χ3v) is 4.80. The lowest BCUT2D eigenvalue weighted by molar-refractivity contribution is -0.133. The molecule has 1 saturated carbocycles. The van der Waals surface area contributed by atoms with Gasteiger partial charge in [-0.05, 0) is 12.8 Å². The van der Waals surface area contributed by atoms with Crippen LogP contribution < -0.4 is 4.90 Å². The Hall–Kier alpha value is -1.28. The smallest absolute Gasteiger partial charge is 0.313 e. The molecule has 8 heteroatoms. The first-order valence-corrected chi connectivity index (χ1v) is 7.86. The van der Waals surface area contributed by atoms with E-state index in [9.17, 15) is 4.79 Å². The Balaban J connectivity index is 1.61. The molecule has 0 amide bonds. The molecule has 0 radical (unpaired) electrons. The number of anilines is 1. The average Bonchev–Trinajstić information content (AvgIpc) is 3.22. The molecule has 3 rings (SSSR count). The summed E-state index contributed by atoms with van der Waals surface area (Å²) in [5.74, 6) is 0.0208. The maximum Gasteiger partial charge on any atom is 0.313 e. The zero-order chi connectivity index (χ0) is 14.1. The number of nitrogens with zero attached hydrogens (tertiary/aromatic N) is 5. The second kappa shape index (κ2) is 5.61. The van der Waals surface area contributed by atoms with Gasteiger partial charge in [-0.15, -0.1) is 10.2 Å². The lowest BCUT2D eigenvalue weighted by Gasteiger charge is -2.35. The zero-order valence-electron chi connectivity index (χ0n) is 11.5. The van der Waals surface area contributed by atoms with Crippen LogP contribution in [-0.4, -0.2) is 68.7 Å². The second-order valence-electron chi connectivity index (χ2n) is 5.28. The lowest BCUT2D eigenvalue weighted by atomic mass is 10.3. The summed E-state index contributed by atoms with van der Waals surface area (Å²) in [7, 11) is 1.90. The van der Waals surface area contributed by atoms with Crippen LogP contribution in [0.25, 0.3) is 0 Å². The minimum Gasteiger partial charge on any atom is -0.481 e. The van der Waals surface area contributed by atoms with Gasteiger partial charge in [-0.3, -0.25) is 14.3 Å². The van der Waals surface area contributed by atoms with Gasteiger partial charge in [0.25, 0.3) is 0 Å². The van der Waals surface area contributed by atoms with Gasteiger partial charge in [-0.2, -0.15) is 0 Å². The van der Waals surface area contributed by atoms with Gasteiger partial charge in [0.15, 0.2) is 5.16 Å². The number of aliphatic carboxylic acids is 1. The standard InChI is InChI=1S/C12H19N5O2S/c1-15-11(13-14-12(15)20-8-10(18)19)17-6-4-16(5-7-17)9-2-3-9/h9H,2-8H2,1H3,(H,18,19). The van der Waals surface area contributed by atoms with Crippen molar-refractivity contribution in [2.24, 2.45) is 7.05 Å². The lowest BCUT2D eigenvalue weighted by Crippen LogP contribution is -2.48. The maximum absolute atomic E-state index is 10.6. The Morgan fingerprint density at radius 1 is 1.30 bits per heavy atom. The first kappa shape index (κ1) is 13.7. The molecule has 1 N–H and O–H groups in total. The Labute approximate surface area is 121 Å². The molecule has 1 aromatic heterocycles. The number of carboxylic acid groups (broad SMARTS) is 1. The van der Waals surface area contributed by atoms with Gasteiger partial charge in [0.2, 0.25) is 5.95 Å². The van der Waals surface area contributed by atoms with E-state index in [0.717, 1.165) is 38.2 Å². The summed E-state index contributed by atoms with van der Waals surface area (Å²) in [6.07, 6.45) is 2.69. The van der Waals surface area contributed by atoms with E-state index < -0.39 is 5.97 Å². The van der Waals surface area contributed by atoms with Crippen molar-refractivity contribution in [1.29, 1.82) is 0 Å². The van der Waals surface area contributed by atoms with Crippen LogP contribution in [0.4, 0.5) is 5.95 Å². The monoisotopic (exact) mass is 297 g/mol. The summed E-state index contributed by atoms with van der Waals surface area (Å²) >= 11 is 1.21. The molecule has 1 aromatic rings. The molecular weight excluding hydrogens is 278 g/mol. The highest BCUT2D eigenvalue weighted by atomic mass is 32.2. The molecule has 2 aliphatic rings. The van der Waals surface area contributed by atoms with E-state index in [1.165, 1.54) is 24.6 Å². The summed E-state index contributed by atoms with van der Waals surface area (Å²) in [6.45, 7) is 4.09. The number of aromatic nitrogens is 3. The molecular formula is C12H19N5O2S. The van der Waals surface area contributed by atoms with Crippen LogP contribution in [0.2, 0.25) is 0 Å². The van der Waals surface area contributed by atoms with Gasteiger partial charge in [-0.25, -0.2) is 0 Å². The predicted molar refractivity (Wildman–Crippen MR) is 76.2 cm³/mol. The Bertz CT molecular complexity index is 494. The van der Waals surface area contributed by atoms with Crippen LogP contribution in [0.1, 0.15) is 12.8 Å². The normalized spacial score (nSPS) is 20.4. The molecule has 0 bridgehead atoms. The quantitative estimate of drug-likeness (QED) is 0.782. The Morgan fingerprint density at radius 3 is 2.60 bits per heavy atom. The number of hydrogen-bond acceptors (Lipinski definition) is 6. The third-order valence-electron chi connectivity index (χ3n) is 3.80. The van der Waals surface area contributed by atoms with Gasteiger partial charge < -0.3 is 10.0 Å². The van der Waals surface area contributed by atoms with Crippen LogP contribution in [0, 0.1) is 0 Å². The van der Waals surface area contributed by atoms with Gasteiger partial charge >= 0.3 is 5.97 Å². The van der Waals surface area contributed by atoms with Crippen LogP contribution in [0.3, 0.4) is 0 Å². The first-order chi connectivity index (χ1) is 9.65. The van der Waals surface area contributed by atoms with Gasteiger partial charge in [0, 0.05) is 39.3 Å². The minimum absolute atomic E-state index is 0.0153. The van der Waals surface area contributed by atoms with E-state index in [4.69, 9.17) is 5.11 Å². The van der Waals surface area contributed by atoms with Crippen LogP contribution in [0.5, 0.6) is 0 Å². The molecule has 2 heterocycles. The highest BCUT2D eigenvalue weighted by molar-refractivity contribution is 7.99. The number of rotatable bonds is 5. The van der Waals surface area contributed by atoms with Crippen molar-refractivity contribution >= 4 is 23.7 Å². The van der Waals surface area contributed by atoms with E-state index in [1.54, 1.807) is 0 Å². The van der Waals surface area contributed by atoms with Gasteiger partial charge in [0.1, 0.15) is 0 Å². The van der Waals surface area contributed by atoms with E-state index in [1.807, 2.05) is 11.6 Å². The summed E-state index contributed by atoms with van der Waals surface area (Å²) in [4.78, 5) is 15.4. The molecule has 1 aliphatic heterocycles. The number of hydrogen-bond donors (Lipinski definition) is 1. The van der Waals surface area contributed by atoms with E-state index in [-0.39, 0.29) is 5.75 Å². The van der Waals surface area contributed by atoms with E-state index in [2.05, 4.69) is 20.0 Å². The van der Waals surface area contributed by atoms with Crippen molar-refractivity contribution in [1.82, 2.24) is 19.7 Å². The van der Waals surface area contributed by atoms with Crippen molar-refractivity contribution in [3.63, 3.8) is 0 Å². The maximum atomic E-state index is 10.6. The predicted octanol–water partition coefficient (Wildman–Crippen LogP) is 0.276. The molecule has 0 spiro atoms. The molecule has 0 aromatic carbocycles. The Morgan fingerprint density at radius 2 is 2.00 bits per heavy atom. The molecule has 1 aliphatic carbocycles. The molecule has 0 atom stereocenters. The van der Waals surface area contributed by atoms with Gasteiger partial charge in [0.05, 0.1) is 5.75 Å². The van der Waals surface area contributed by atoms with Crippen molar-refractivity contribution in [3.8, 4) is 0 Å². The minimum atomic E-state index is -0.836. The van der Waals surface area contributed by atoms with Crippen molar-refractivity contribution in [2.75, 3.05) is 36.8 Å². The molecule has 0 unspecified atom stereocenters. The van der Waals surface area contributed by atoms with Crippen LogP contribution in [0.15, 0.2) is 5.16 Å². The molecule has 110 valence electrons. The second-order valence-corrected chi connectivity index (χ2v) is 6.22. The highest BCUT2D eigenvalue weighted by Crippen LogP contribution is 2.28. The first-order valence-electron chi connectivity index (χ1n) is 6.88. The Kier molecular flexibility index (Phi) is 3.84. The fourth-order valence-corrected chi connectivity index (χ4v) is 3.19. The van der Waals surface area contributed by atoms with Gasteiger partial charge in [-0.1, -0.05) is 11.8 Å². The summed E-state index contributed by atoms with van der Waals surface area (Å²) in [5.41, 5.74) is 0. The van der Waals surface area contributed by atoms with Crippen molar-refractivity contribution < 1.29 is 9.90 Å². The van der Waals surface area contributed by atoms with E-state index in [0.29, 0.717) is 5.16 Å². The summed E-state index contributed by atoms with van der Waals surface area (Å²) in [5, 5.41) is 17.7. The third kappa shape index (κ3) is 2.90. The number of thioether (sulfide) groups is 1. The fraction of sp³-hybridized carbons (Fsp3) is 0.750. The van der Waals surface area contributed by atoms with E-state index >= 15 is 0 Å². The average molecular weight is 297 g/mol. The number of piperazine rings is 1. The van der Waals surface area contributed by atoms with Crippen LogP contribution in [-0.2, 0) is 11.8 Å². The number of carbonyl (C=O) groups is 1. The molecule has 7 nitrogen and oxygen atoms in total.